The van der Waals surface area contributed by atoms with E-state index < -0.39 is 11.9 Å². The molecule has 3 aliphatic rings. The second kappa shape index (κ2) is 10.9. The van der Waals surface area contributed by atoms with Crippen LogP contribution in [0.15, 0.2) is 71.1 Å². The lowest BCUT2D eigenvalue weighted by Gasteiger charge is -2.49. The summed E-state index contributed by atoms with van der Waals surface area (Å²) in [6, 6.07) is 14.3. The van der Waals surface area contributed by atoms with Crippen LogP contribution >= 0.6 is 0 Å². The first-order valence-corrected chi connectivity index (χ1v) is 14.2. The maximum absolute atomic E-state index is 14.0. The van der Waals surface area contributed by atoms with Gasteiger partial charge in [-0.05, 0) is 47.4 Å². The van der Waals surface area contributed by atoms with Crippen molar-refractivity contribution in [2.45, 2.75) is 65.9 Å². The van der Waals surface area contributed by atoms with Crippen molar-refractivity contribution in [2.24, 2.45) is 10.8 Å². The van der Waals surface area contributed by atoms with Crippen molar-refractivity contribution in [1.29, 1.82) is 0 Å². The van der Waals surface area contributed by atoms with Crippen molar-refractivity contribution < 1.29 is 29.0 Å². The fraction of sp³-hybridized carbons (Fsp3) is 0.441. The Bertz CT molecular complexity index is 1390. The fourth-order valence-electron chi connectivity index (χ4n) is 6.57. The number of benzene rings is 2. The van der Waals surface area contributed by atoms with Crippen LogP contribution in [0, 0.1) is 10.8 Å². The molecule has 7 heteroatoms. The van der Waals surface area contributed by atoms with E-state index in [-0.39, 0.29) is 34.6 Å². The van der Waals surface area contributed by atoms with Gasteiger partial charge in [-0.3, -0.25) is 9.59 Å². The Morgan fingerprint density at radius 2 is 1.44 bits per heavy atom. The van der Waals surface area contributed by atoms with Gasteiger partial charge in [0.2, 0.25) is 0 Å². The highest BCUT2D eigenvalue weighted by atomic mass is 16.5. The van der Waals surface area contributed by atoms with Gasteiger partial charge in [0.15, 0.2) is 11.6 Å². The van der Waals surface area contributed by atoms with E-state index in [1.54, 1.807) is 31.4 Å². The van der Waals surface area contributed by atoms with Gasteiger partial charge < -0.3 is 19.5 Å². The van der Waals surface area contributed by atoms with Crippen molar-refractivity contribution in [3.8, 4) is 5.75 Å². The smallest absolute Gasteiger partial charge is 0.335 e. The van der Waals surface area contributed by atoms with Gasteiger partial charge in [0, 0.05) is 60.5 Å². The summed E-state index contributed by atoms with van der Waals surface area (Å²) in [5.74, 6) is -0.719. The minimum Gasteiger partial charge on any atom is -0.489 e. The highest BCUT2D eigenvalue weighted by molar-refractivity contribution is 6.07. The van der Waals surface area contributed by atoms with E-state index >= 15 is 0 Å². The molecule has 1 heterocycles. The second-order valence-electron chi connectivity index (χ2n) is 13.0. The first kappa shape index (κ1) is 28.8. The normalized spacial score (nSPS) is 20.2. The van der Waals surface area contributed by atoms with Gasteiger partial charge in [0.25, 0.3) is 0 Å². The van der Waals surface area contributed by atoms with Crippen LogP contribution < -0.4 is 4.74 Å². The van der Waals surface area contributed by atoms with Crippen LogP contribution in [0.2, 0.25) is 0 Å². The summed E-state index contributed by atoms with van der Waals surface area (Å²) in [7, 11) is 1.67. The fourth-order valence-corrected chi connectivity index (χ4v) is 6.57. The van der Waals surface area contributed by atoms with E-state index in [9.17, 15) is 19.5 Å². The molecule has 2 aliphatic carbocycles. The minimum atomic E-state index is -0.978. The molecule has 0 saturated heterocycles. The van der Waals surface area contributed by atoms with Gasteiger partial charge in [0.1, 0.15) is 12.4 Å². The second-order valence-corrected chi connectivity index (χ2v) is 13.0. The number of rotatable bonds is 8. The molecule has 216 valence electrons. The molecule has 1 aliphatic heterocycles. The molecule has 7 nitrogen and oxygen atoms in total. The summed E-state index contributed by atoms with van der Waals surface area (Å²) in [5, 5.41) is 9.22. The molecule has 2 aromatic carbocycles. The highest BCUT2D eigenvalue weighted by Gasteiger charge is 2.49. The molecule has 0 amide bonds. The molecule has 5 rings (SSSR count). The summed E-state index contributed by atoms with van der Waals surface area (Å²) < 4.78 is 11.8. The molecule has 0 unspecified atom stereocenters. The predicted octanol–water partition coefficient (Wildman–Crippen LogP) is 6.30. The summed E-state index contributed by atoms with van der Waals surface area (Å²) >= 11 is 0. The van der Waals surface area contributed by atoms with Crippen molar-refractivity contribution in [1.82, 2.24) is 4.90 Å². The zero-order chi connectivity index (χ0) is 29.5. The number of methoxy groups -OCH3 is 1. The Kier molecular flexibility index (Phi) is 7.68. The third-order valence-electron chi connectivity index (χ3n) is 8.37. The Hall–Kier alpha value is -3.71. The lowest BCUT2D eigenvalue weighted by Crippen LogP contribution is -2.45. The first-order chi connectivity index (χ1) is 19.4. The lowest BCUT2D eigenvalue weighted by molar-refractivity contribution is -0.119. The predicted molar refractivity (Wildman–Crippen MR) is 156 cm³/mol. The summed E-state index contributed by atoms with van der Waals surface area (Å²) in [5.41, 5.74) is 4.85. The van der Waals surface area contributed by atoms with Crippen LogP contribution in [0.3, 0.4) is 0 Å². The summed E-state index contributed by atoms with van der Waals surface area (Å²) in [6.07, 6.45) is 2.31. The van der Waals surface area contributed by atoms with E-state index in [0.717, 1.165) is 35.4 Å². The molecular weight excluding hydrogens is 518 g/mol. The van der Waals surface area contributed by atoms with Crippen molar-refractivity contribution in [3.05, 3.63) is 87.8 Å². The zero-order valence-corrected chi connectivity index (χ0v) is 24.6. The lowest BCUT2D eigenvalue weighted by atomic mass is 9.63. The molecule has 2 aromatic rings. The van der Waals surface area contributed by atoms with Gasteiger partial charge >= 0.3 is 5.97 Å². The van der Waals surface area contributed by atoms with E-state index in [1.165, 1.54) is 0 Å². The zero-order valence-electron chi connectivity index (χ0n) is 24.6. The van der Waals surface area contributed by atoms with Gasteiger partial charge in [-0.25, -0.2) is 4.79 Å². The minimum absolute atomic E-state index is 0.0758. The molecule has 41 heavy (non-hydrogen) atoms. The van der Waals surface area contributed by atoms with Gasteiger partial charge in [0.05, 0.1) is 12.2 Å². The summed E-state index contributed by atoms with van der Waals surface area (Å²) in [4.78, 5) is 41.5. The van der Waals surface area contributed by atoms with Crippen LogP contribution in [-0.2, 0) is 20.9 Å². The number of allylic oxidation sites excluding steroid dienone is 4. The molecule has 0 bridgehead atoms. The molecule has 0 fully saturated rings. The van der Waals surface area contributed by atoms with Crippen LogP contribution in [0.1, 0.15) is 80.8 Å². The van der Waals surface area contributed by atoms with Crippen LogP contribution in [0.4, 0.5) is 0 Å². The largest absolute Gasteiger partial charge is 0.489 e. The number of carboxylic acids is 1. The molecule has 0 radical (unpaired) electrons. The Labute approximate surface area is 241 Å². The quantitative estimate of drug-likeness (QED) is 0.407. The van der Waals surface area contributed by atoms with Crippen LogP contribution in [0.5, 0.6) is 5.75 Å². The number of aromatic carboxylic acids is 1. The molecule has 0 saturated carbocycles. The number of carbonyl (C=O) groups excluding carboxylic acids is 2. The van der Waals surface area contributed by atoms with Crippen molar-refractivity contribution in [3.63, 3.8) is 0 Å². The number of ketones is 2. The van der Waals surface area contributed by atoms with Gasteiger partial charge in [-0.2, -0.15) is 0 Å². The number of carboxylic acid groups (broad SMARTS) is 1. The molecule has 0 aromatic heterocycles. The van der Waals surface area contributed by atoms with E-state index in [1.807, 2.05) is 24.3 Å². The number of nitrogens with zero attached hydrogens (tertiary/aromatic N) is 1. The molecule has 0 spiro atoms. The third-order valence-corrected chi connectivity index (χ3v) is 8.37. The topological polar surface area (TPSA) is 93.1 Å². The van der Waals surface area contributed by atoms with Gasteiger partial charge in [-0.1, -0.05) is 58.0 Å². The van der Waals surface area contributed by atoms with Gasteiger partial charge in [-0.15, -0.1) is 0 Å². The summed E-state index contributed by atoms with van der Waals surface area (Å²) in [6.45, 7) is 9.81. The van der Waals surface area contributed by atoms with Crippen molar-refractivity contribution >= 4 is 17.5 Å². The van der Waals surface area contributed by atoms with E-state index in [2.05, 4.69) is 32.6 Å². The number of hydrogen-bond donors (Lipinski definition) is 1. The van der Waals surface area contributed by atoms with Crippen LogP contribution in [-0.4, -0.2) is 47.8 Å². The standard InChI is InChI=1S/C34H39NO6/c1-33(2)16-24-30(26(36)18-33)29(31-25(35(24)14-15-40-5)17-34(3,4)19-27(31)37)23-8-6-7-9-28(23)41-20-21-10-12-22(13-11-21)32(38)39/h6-13,29H,14-20H2,1-5H3,(H,38,39). The maximum atomic E-state index is 14.0. The number of hydrogen-bond acceptors (Lipinski definition) is 6. The van der Waals surface area contributed by atoms with E-state index in [4.69, 9.17) is 9.47 Å². The number of carbonyl (C=O) groups is 3. The van der Waals surface area contributed by atoms with Crippen LogP contribution in [0.25, 0.3) is 0 Å². The highest BCUT2D eigenvalue weighted by Crippen LogP contribution is 2.55. The monoisotopic (exact) mass is 557 g/mol. The first-order valence-electron chi connectivity index (χ1n) is 14.2. The Morgan fingerprint density at radius 3 is 1.98 bits per heavy atom. The Morgan fingerprint density at radius 1 is 0.878 bits per heavy atom. The number of ether oxygens (including phenoxy) is 2. The van der Waals surface area contributed by atoms with E-state index in [0.29, 0.717) is 42.9 Å². The third kappa shape index (κ3) is 5.73. The van der Waals surface area contributed by atoms with Crippen molar-refractivity contribution in [2.75, 3.05) is 20.3 Å². The average Bonchev–Trinajstić information content (AvgIpc) is 2.89. The Balaban J connectivity index is 1.62. The molecule has 0 atom stereocenters. The SMILES string of the molecule is COCCN1C2=C(C(=O)CC(C)(C)C2)C(c2ccccc2OCc2ccc(C(=O)O)cc2)C2=C1CC(C)(C)CC2=O. The average molecular weight is 558 g/mol. The molecular formula is C34H39NO6. The molecule has 1 N–H and O–H groups in total. The number of para-hydroxylation sites is 1. The number of Topliss-reactive ketones (excluding diaryl/α,β-unsaturated/α-hetero) is 2. The maximum Gasteiger partial charge on any atom is 0.335 e.